The first kappa shape index (κ1) is 22.0. The number of hydrogen-bond donors (Lipinski definition) is 2. The number of hydrogen-bond acceptors (Lipinski definition) is 4. The van der Waals surface area contributed by atoms with E-state index in [1.807, 2.05) is 11.0 Å². The second kappa shape index (κ2) is 10.9. The van der Waals surface area contributed by atoms with Crippen LogP contribution in [0, 0.1) is 5.82 Å². The fourth-order valence-electron chi connectivity index (χ4n) is 3.58. The molecule has 1 aliphatic heterocycles. The molecule has 2 unspecified atom stereocenters. The number of anilines is 1. The number of benzene rings is 1. The van der Waals surface area contributed by atoms with E-state index in [0.717, 1.165) is 32.0 Å². The zero-order valence-corrected chi connectivity index (χ0v) is 18.2. The molecule has 0 amide bonds. The van der Waals surface area contributed by atoms with Crippen LogP contribution in [0.25, 0.3) is 0 Å². The summed E-state index contributed by atoms with van der Waals surface area (Å²) in [6.07, 6.45) is 2.56. The van der Waals surface area contributed by atoms with Crippen molar-refractivity contribution in [1.29, 1.82) is 0 Å². The van der Waals surface area contributed by atoms with Crippen molar-refractivity contribution in [3.8, 4) is 0 Å². The van der Waals surface area contributed by atoms with Gasteiger partial charge in [-0.1, -0.05) is 30.3 Å². The molecular weight excluding hydrogens is 379 g/mol. The van der Waals surface area contributed by atoms with Gasteiger partial charge in [-0.25, -0.2) is 9.37 Å². The van der Waals surface area contributed by atoms with Gasteiger partial charge in [0.2, 0.25) is 0 Å². The fourth-order valence-corrected chi connectivity index (χ4v) is 3.58. The lowest BCUT2D eigenvalue weighted by Gasteiger charge is -2.24. The van der Waals surface area contributed by atoms with Gasteiger partial charge >= 0.3 is 0 Å². The summed E-state index contributed by atoms with van der Waals surface area (Å²) in [6.45, 7) is 8.14. The van der Waals surface area contributed by atoms with Crippen LogP contribution in [-0.4, -0.2) is 61.2 Å². The van der Waals surface area contributed by atoms with E-state index >= 15 is 0 Å². The molecule has 0 aliphatic carbocycles. The van der Waals surface area contributed by atoms with Crippen molar-refractivity contribution in [3.63, 3.8) is 0 Å². The summed E-state index contributed by atoms with van der Waals surface area (Å²) in [5.74, 6) is 0.972. The third-order valence-corrected chi connectivity index (χ3v) is 5.45. The molecule has 2 N–H and O–H groups in total. The second-order valence-corrected chi connectivity index (χ2v) is 7.85. The molecule has 3 rings (SSSR count). The summed E-state index contributed by atoms with van der Waals surface area (Å²) in [6, 6.07) is 14.1. The summed E-state index contributed by atoms with van der Waals surface area (Å²) >= 11 is 0. The van der Waals surface area contributed by atoms with Gasteiger partial charge < -0.3 is 15.5 Å². The zero-order valence-electron chi connectivity index (χ0n) is 18.2. The van der Waals surface area contributed by atoms with E-state index in [9.17, 15) is 4.39 Å². The predicted molar refractivity (Wildman–Crippen MR) is 121 cm³/mol. The molecule has 1 saturated heterocycles. The Morgan fingerprint density at radius 1 is 1.30 bits per heavy atom. The van der Waals surface area contributed by atoms with E-state index in [-0.39, 0.29) is 11.9 Å². The second-order valence-electron chi connectivity index (χ2n) is 7.85. The Morgan fingerprint density at radius 2 is 2.10 bits per heavy atom. The van der Waals surface area contributed by atoms with E-state index in [2.05, 4.69) is 65.7 Å². The Balaban J connectivity index is 1.53. The van der Waals surface area contributed by atoms with Crippen LogP contribution >= 0.6 is 0 Å². The van der Waals surface area contributed by atoms with E-state index in [0.29, 0.717) is 24.9 Å². The summed E-state index contributed by atoms with van der Waals surface area (Å²) in [5, 5.41) is 6.84. The van der Waals surface area contributed by atoms with Gasteiger partial charge in [0.1, 0.15) is 0 Å². The van der Waals surface area contributed by atoms with Gasteiger partial charge in [0.05, 0.1) is 6.54 Å². The van der Waals surface area contributed by atoms with Crippen LogP contribution in [-0.2, 0) is 6.54 Å². The predicted octanol–water partition coefficient (Wildman–Crippen LogP) is 2.88. The quantitative estimate of drug-likeness (QED) is 0.516. The lowest BCUT2D eigenvalue weighted by atomic mass is 10.2. The monoisotopic (exact) mass is 412 g/mol. The SMILES string of the molecule is CCNC(=NCC(C)N(C)Cc1ccccc1)NC1CCN(c2ncccc2F)C1. The number of pyridine rings is 1. The van der Waals surface area contributed by atoms with Crippen LogP contribution in [0.3, 0.4) is 0 Å². The first-order chi connectivity index (χ1) is 14.6. The summed E-state index contributed by atoms with van der Waals surface area (Å²) < 4.78 is 14.0. The normalized spacial score (nSPS) is 18.0. The Labute approximate surface area is 179 Å². The molecule has 2 heterocycles. The highest BCUT2D eigenvalue weighted by Crippen LogP contribution is 2.20. The van der Waals surface area contributed by atoms with Crippen LogP contribution in [0.4, 0.5) is 10.2 Å². The third-order valence-electron chi connectivity index (χ3n) is 5.45. The van der Waals surface area contributed by atoms with E-state index in [4.69, 9.17) is 4.99 Å². The Kier molecular flexibility index (Phi) is 8.02. The standard InChI is InChI=1S/C23H33FN6/c1-4-25-23(27-15-18(2)29(3)16-19-9-6-5-7-10-19)28-20-12-14-30(17-20)22-21(24)11-8-13-26-22/h5-11,13,18,20H,4,12,14-17H2,1-3H3,(H2,25,27,28). The minimum Gasteiger partial charge on any atom is -0.357 e. The molecule has 0 saturated carbocycles. The summed E-state index contributed by atoms with van der Waals surface area (Å²) in [5.41, 5.74) is 1.30. The topological polar surface area (TPSA) is 55.8 Å². The van der Waals surface area contributed by atoms with Crippen LogP contribution in [0.5, 0.6) is 0 Å². The Bertz CT molecular complexity index is 812. The van der Waals surface area contributed by atoms with Gasteiger partial charge in [0.15, 0.2) is 17.6 Å². The first-order valence-corrected chi connectivity index (χ1v) is 10.7. The number of likely N-dealkylation sites (N-methyl/N-ethyl adjacent to an activating group) is 1. The number of guanidine groups is 1. The van der Waals surface area contributed by atoms with Crippen molar-refractivity contribution < 1.29 is 4.39 Å². The first-order valence-electron chi connectivity index (χ1n) is 10.7. The molecule has 30 heavy (non-hydrogen) atoms. The van der Waals surface area contributed by atoms with Gasteiger partial charge in [-0.2, -0.15) is 0 Å². The largest absolute Gasteiger partial charge is 0.357 e. The highest BCUT2D eigenvalue weighted by atomic mass is 19.1. The maximum atomic E-state index is 14.0. The number of halogens is 1. The average Bonchev–Trinajstić information content (AvgIpc) is 3.21. The van der Waals surface area contributed by atoms with Gasteiger partial charge in [-0.15, -0.1) is 0 Å². The van der Waals surface area contributed by atoms with Gasteiger partial charge in [0, 0.05) is 44.5 Å². The number of rotatable bonds is 8. The number of aliphatic imine (C=N–C) groups is 1. The highest BCUT2D eigenvalue weighted by molar-refractivity contribution is 5.80. The molecule has 1 aromatic carbocycles. The van der Waals surface area contributed by atoms with Gasteiger partial charge in [-0.3, -0.25) is 9.89 Å². The van der Waals surface area contributed by atoms with Crippen LogP contribution in [0.2, 0.25) is 0 Å². The summed E-state index contributed by atoms with van der Waals surface area (Å²) in [7, 11) is 2.13. The molecular formula is C23H33FN6. The maximum absolute atomic E-state index is 14.0. The van der Waals surface area contributed by atoms with E-state index in [1.165, 1.54) is 11.6 Å². The average molecular weight is 413 g/mol. The summed E-state index contributed by atoms with van der Waals surface area (Å²) in [4.78, 5) is 13.3. The molecule has 1 aliphatic rings. The van der Waals surface area contributed by atoms with Gasteiger partial charge in [0.25, 0.3) is 0 Å². The number of nitrogens with zero attached hydrogens (tertiary/aromatic N) is 4. The lowest BCUT2D eigenvalue weighted by Crippen LogP contribution is -2.45. The number of nitrogens with one attached hydrogen (secondary N) is 2. The fraction of sp³-hybridized carbons (Fsp3) is 0.478. The molecule has 2 aromatic rings. The minimum absolute atomic E-state index is 0.210. The number of aromatic nitrogens is 1. The van der Waals surface area contributed by atoms with Crippen LogP contribution in [0.15, 0.2) is 53.7 Å². The molecule has 1 aromatic heterocycles. The van der Waals surface area contributed by atoms with Crippen molar-refractivity contribution in [2.75, 3.05) is 38.1 Å². The molecule has 0 bridgehead atoms. The molecule has 1 fully saturated rings. The molecule has 162 valence electrons. The third kappa shape index (κ3) is 6.16. The Hall–Kier alpha value is -2.67. The van der Waals surface area contributed by atoms with Crippen LogP contribution < -0.4 is 15.5 Å². The van der Waals surface area contributed by atoms with Crippen molar-refractivity contribution in [3.05, 3.63) is 60.0 Å². The van der Waals surface area contributed by atoms with Gasteiger partial charge in [-0.05, 0) is 45.0 Å². The van der Waals surface area contributed by atoms with Crippen molar-refractivity contribution in [2.45, 2.75) is 38.9 Å². The van der Waals surface area contributed by atoms with Crippen molar-refractivity contribution in [2.24, 2.45) is 4.99 Å². The highest BCUT2D eigenvalue weighted by Gasteiger charge is 2.26. The minimum atomic E-state index is -0.269. The van der Waals surface area contributed by atoms with Crippen LogP contribution in [0.1, 0.15) is 25.8 Å². The lowest BCUT2D eigenvalue weighted by molar-refractivity contribution is 0.255. The molecule has 7 heteroatoms. The molecule has 0 spiro atoms. The smallest absolute Gasteiger partial charge is 0.191 e. The Morgan fingerprint density at radius 3 is 2.83 bits per heavy atom. The van der Waals surface area contributed by atoms with Crippen molar-refractivity contribution in [1.82, 2.24) is 20.5 Å². The van der Waals surface area contributed by atoms with Crippen molar-refractivity contribution >= 4 is 11.8 Å². The van der Waals surface area contributed by atoms with E-state index < -0.39 is 0 Å². The molecule has 0 radical (unpaired) electrons. The zero-order chi connectivity index (χ0) is 21.3. The van der Waals surface area contributed by atoms with E-state index in [1.54, 1.807) is 12.3 Å². The maximum Gasteiger partial charge on any atom is 0.191 e. The molecule has 2 atom stereocenters. The molecule has 6 nitrogen and oxygen atoms in total.